The Bertz CT molecular complexity index is 911. The van der Waals surface area contributed by atoms with Crippen molar-refractivity contribution in [2.75, 3.05) is 23.3 Å². The molecule has 7 heteroatoms. The van der Waals surface area contributed by atoms with Crippen LogP contribution < -0.4 is 10.2 Å². The highest BCUT2D eigenvalue weighted by Gasteiger charge is 2.23. The molecule has 0 bridgehead atoms. The number of H-pyrrole nitrogens is 1. The summed E-state index contributed by atoms with van der Waals surface area (Å²) in [5.74, 6) is 0.698. The van der Waals surface area contributed by atoms with Gasteiger partial charge in [-0.3, -0.25) is 9.89 Å². The van der Waals surface area contributed by atoms with Gasteiger partial charge in [-0.05, 0) is 32.0 Å². The van der Waals surface area contributed by atoms with E-state index in [0.29, 0.717) is 11.3 Å². The maximum absolute atomic E-state index is 12.6. The van der Waals surface area contributed by atoms with Crippen molar-refractivity contribution in [1.29, 1.82) is 0 Å². The van der Waals surface area contributed by atoms with Crippen LogP contribution in [-0.4, -0.2) is 46.4 Å². The van der Waals surface area contributed by atoms with E-state index in [1.54, 1.807) is 18.5 Å². The number of carbonyl (C=O) groups excluding carboxylic acids is 1. The van der Waals surface area contributed by atoms with Crippen molar-refractivity contribution in [1.82, 2.24) is 15.2 Å². The lowest BCUT2D eigenvalue weighted by atomic mass is 10.1. The Kier molecular flexibility index (Phi) is 4.30. The molecule has 2 N–H and O–H groups in total. The van der Waals surface area contributed by atoms with E-state index in [1.165, 1.54) is 0 Å². The first kappa shape index (κ1) is 16.5. The highest BCUT2D eigenvalue weighted by Crippen LogP contribution is 2.21. The fourth-order valence-corrected chi connectivity index (χ4v) is 3.37. The summed E-state index contributed by atoms with van der Waals surface area (Å²) in [5.41, 5.74) is 1.94. The number of benzene rings is 1. The topological polar surface area (TPSA) is 83.1 Å². The number of aromatic amines is 1. The smallest absolute Gasteiger partial charge is 0.257 e. The summed E-state index contributed by atoms with van der Waals surface area (Å²) in [6, 6.07) is 9.33. The zero-order chi connectivity index (χ0) is 18.1. The number of hydrogen-bond donors (Lipinski definition) is 2. The minimum absolute atomic E-state index is 0.176. The molecular weight excluding hydrogens is 330 g/mol. The molecule has 0 spiro atoms. The number of nitrogens with one attached hydrogen (secondary N) is 2. The molecule has 2 aromatic heterocycles. The second kappa shape index (κ2) is 6.76. The Balaban J connectivity index is 1.49. The number of rotatable bonds is 3. The molecule has 0 aliphatic carbocycles. The number of ether oxygens (including phenoxy) is 1. The molecular formula is C19H21N5O2. The minimum atomic E-state index is -0.192. The zero-order valence-corrected chi connectivity index (χ0v) is 14.8. The number of pyridine rings is 1. The molecule has 1 saturated heterocycles. The van der Waals surface area contributed by atoms with E-state index in [4.69, 9.17) is 4.74 Å². The van der Waals surface area contributed by atoms with Crippen molar-refractivity contribution in [2.45, 2.75) is 26.1 Å². The van der Waals surface area contributed by atoms with Gasteiger partial charge >= 0.3 is 0 Å². The maximum Gasteiger partial charge on any atom is 0.257 e. The molecule has 1 aliphatic rings. The van der Waals surface area contributed by atoms with E-state index in [-0.39, 0.29) is 18.1 Å². The van der Waals surface area contributed by atoms with Gasteiger partial charge < -0.3 is 15.0 Å². The summed E-state index contributed by atoms with van der Waals surface area (Å²) in [5, 5.41) is 10.7. The fourth-order valence-electron chi connectivity index (χ4n) is 3.37. The predicted octanol–water partition coefficient (Wildman–Crippen LogP) is 2.82. The number of carbonyl (C=O) groups is 1. The van der Waals surface area contributed by atoms with Gasteiger partial charge in [-0.2, -0.15) is 5.10 Å². The molecule has 2 atom stereocenters. The molecule has 134 valence electrons. The first-order chi connectivity index (χ1) is 12.6. The van der Waals surface area contributed by atoms with Crippen LogP contribution in [0.3, 0.4) is 0 Å². The average molecular weight is 351 g/mol. The van der Waals surface area contributed by atoms with E-state index in [2.05, 4.69) is 39.2 Å². The van der Waals surface area contributed by atoms with Crippen LogP contribution in [0.15, 0.2) is 42.7 Å². The van der Waals surface area contributed by atoms with Crippen molar-refractivity contribution in [3.8, 4) is 0 Å². The van der Waals surface area contributed by atoms with Crippen molar-refractivity contribution >= 4 is 28.3 Å². The SMILES string of the molecule is C[C@H]1CN(c2ccc(NC(=O)c3cccc4cn[nH]c34)cn2)C[C@H](C)O1. The normalized spacial score (nSPS) is 20.3. The number of fused-ring (bicyclic) bond motifs is 1. The lowest BCUT2D eigenvalue weighted by Crippen LogP contribution is -2.45. The third-order valence-corrected chi connectivity index (χ3v) is 4.47. The number of aromatic nitrogens is 3. The van der Waals surface area contributed by atoms with Crippen LogP contribution in [0.4, 0.5) is 11.5 Å². The third-order valence-electron chi connectivity index (χ3n) is 4.47. The molecule has 3 heterocycles. The van der Waals surface area contributed by atoms with Crippen molar-refractivity contribution < 1.29 is 9.53 Å². The minimum Gasteiger partial charge on any atom is -0.372 e. The summed E-state index contributed by atoms with van der Waals surface area (Å²) in [4.78, 5) is 19.3. The largest absolute Gasteiger partial charge is 0.372 e. The fraction of sp³-hybridized carbons (Fsp3) is 0.316. The van der Waals surface area contributed by atoms with E-state index in [1.807, 2.05) is 24.3 Å². The van der Waals surface area contributed by atoms with Crippen LogP contribution in [0.2, 0.25) is 0 Å². The first-order valence-corrected chi connectivity index (χ1v) is 8.70. The predicted molar refractivity (Wildman–Crippen MR) is 101 cm³/mol. The number of para-hydroxylation sites is 1. The molecule has 7 nitrogen and oxygen atoms in total. The van der Waals surface area contributed by atoms with Gasteiger partial charge in [0.1, 0.15) is 5.82 Å². The lowest BCUT2D eigenvalue weighted by molar-refractivity contribution is -0.00545. The van der Waals surface area contributed by atoms with Crippen LogP contribution >= 0.6 is 0 Å². The molecule has 0 saturated carbocycles. The molecule has 0 unspecified atom stereocenters. The van der Waals surface area contributed by atoms with Crippen molar-refractivity contribution in [2.24, 2.45) is 0 Å². The second-order valence-electron chi connectivity index (χ2n) is 6.66. The molecule has 0 radical (unpaired) electrons. The van der Waals surface area contributed by atoms with Gasteiger partial charge in [-0.25, -0.2) is 4.98 Å². The zero-order valence-electron chi connectivity index (χ0n) is 14.8. The van der Waals surface area contributed by atoms with Crippen molar-refractivity contribution in [3.63, 3.8) is 0 Å². The molecule has 4 rings (SSSR count). The number of hydrogen-bond acceptors (Lipinski definition) is 5. The monoisotopic (exact) mass is 351 g/mol. The Labute approximate surface area is 151 Å². The van der Waals surface area contributed by atoms with E-state index >= 15 is 0 Å². The number of anilines is 2. The Morgan fingerprint density at radius 2 is 2.00 bits per heavy atom. The van der Waals surface area contributed by atoms with Gasteiger partial charge in [0, 0.05) is 18.5 Å². The van der Waals surface area contributed by atoms with E-state index < -0.39 is 0 Å². The van der Waals surface area contributed by atoms with Crippen LogP contribution in [0.1, 0.15) is 24.2 Å². The summed E-state index contributed by atoms with van der Waals surface area (Å²) in [6.45, 7) is 5.75. The summed E-state index contributed by atoms with van der Waals surface area (Å²) in [7, 11) is 0. The quantitative estimate of drug-likeness (QED) is 0.758. The molecule has 1 aliphatic heterocycles. The van der Waals surface area contributed by atoms with Crippen molar-refractivity contribution in [3.05, 3.63) is 48.3 Å². The van der Waals surface area contributed by atoms with E-state index in [0.717, 1.165) is 29.8 Å². The maximum atomic E-state index is 12.6. The lowest BCUT2D eigenvalue weighted by Gasteiger charge is -2.36. The van der Waals surface area contributed by atoms with Gasteiger partial charge in [-0.1, -0.05) is 12.1 Å². The van der Waals surface area contributed by atoms with Crippen LogP contribution in [0.5, 0.6) is 0 Å². The summed E-state index contributed by atoms with van der Waals surface area (Å²) in [6.07, 6.45) is 3.74. The highest BCUT2D eigenvalue weighted by molar-refractivity contribution is 6.11. The van der Waals surface area contributed by atoms with Crippen LogP contribution in [0, 0.1) is 0 Å². The number of amides is 1. The van der Waals surface area contributed by atoms with Gasteiger partial charge in [0.2, 0.25) is 0 Å². The summed E-state index contributed by atoms with van der Waals surface area (Å²) >= 11 is 0. The van der Waals surface area contributed by atoms with Gasteiger partial charge in [0.05, 0.1) is 41.4 Å². The first-order valence-electron chi connectivity index (χ1n) is 8.70. The van der Waals surface area contributed by atoms with Gasteiger partial charge in [0.15, 0.2) is 0 Å². The Morgan fingerprint density at radius 3 is 2.73 bits per heavy atom. The highest BCUT2D eigenvalue weighted by atomic mass is 16.5. The Hall–Kier alpha value is -2.93. The molecule has 26 heavy (non-hydrogen) atoms. The van der Waals surface area contributed by atoms with Crippen LogP contribution in [0.25, 0.3) is 10.9 Å². The average Bonchev–Trinajstić information content (AvgIpc) is 3.10. The summed E-state index contributed by atoms with van der Waals surface area (Å²) < 4.78 is 5.76. The standard InChI is InChI=1S/C19H21N5O2/c1-12-10-24(11-13(2)26-12)17-7-6-15(9-20-17)22-19(25)16-5-3-4-14-8-21-23-18(14)16/h3-9,12-13H,10-11H2,1-2H3,(H,21,23)(H,22,25)/t12-,13-/m0/s1. The Morgan fingerprint density at radius 1 is 1.19 bits per heavy atom. The third kappa shape index (κ3) is 3.25. The molecule has 1 amide bonds. The molecule has 1 aromatic carbocycles. The number of morpholine rings is 1. The second-order valence-corrected chi connectivity index (χ2v) is 6.66. The van der Waals surface area contributed by atoms with E-state index in [9.17, 15) is 4.79 Å². The van der Waals surface area contributed by atoms with Gasteiger partial charge in [-0.15, -0.1) is 0 Å². The number of nitrogens with zero attached hydrogens (tertiary/aromatic N) is 3. The molecule has 3 aromatic rings. The van der Waals surface area contributed by atoms with Crippen LogP contribution in [-0.2, 0) is 4.74 Å². The van der Waals surface area contributed by atoms with Gasteiger partial charge in [0.25, 0.3) is 5.91 Å². The molecule has 1 fully saturated rings.